The molecule has 2 aromatic rings. The molecule has 128 valence electrons. The van der Waals surface area contributed by atoms with Crippen molar-refractivity contribution in [3.8, 4) is 0 Å². The summed E-state index contributed by atoms with van der Waals surface area (Å²) in [6.45, 7) is 0. The summed E-state index contributed by atoms with van der Waals surface area (Å²) >= 11 is 1.61. The molecule has 24 heavy (non-hydrogen) atoms. The Labute approximate surface area is 145 Å². The van der Waals surface area contributed by atoms with Crippen LogP contribution in [0.5, 0.6) is 0 Å². The summed E-state index contributed by atoms with van der Waals surface area (Å²) in [4.78, 5) is 34.1. The Morgan fingerprint density at radius 1 is 1.29 bits per heavy atom. The largest absolute Gasteiger partial charge is 0.339 e. The zero-order valence-corrected chi connectivity index (χ0v) is 14.8. The topological polar surface area (TPSA) is 71.5 Å². The molecule has 0 unspecified atom stereocenters. The minimum absolute atomic E-state index is 0.288. The van der Waals surface area contributed by atoms with Crippen molar-refractivity contribution >= 4 is 34.5 Å². The fourth-order valence-electron chi connectivity index (χ4n) is 2.23. The third-order valence-corrected chi connectivity index (χ3v) is 4.27. The van der Waals surface area contributed by atoms with Crippen LogP contribution in [0.2, 0.25) is 0 Å². The van der Waals surface area contributed by atoms with E-state index in [1.54, 1.807) is 17.8 Å². The number of likely N-dealkylation sites (N-methyl/N-ethyl adjacent to an activating group) is 1. The van der Waals surface area contributed by atoms with Crippen LogP contribution >= 0.6 is 11.8 Å². The third-order valence-electron chi connectivity index (χ3n) is 3.63. The van der Waals surface area contributed by atoms with Gasteiger partial charge in [0.25, 0.3) is 11.8 Å². The number of para-hydroxylation sites is 1. The van der Waals surface area contributed by atoms with Crippen molar-refractivity contribution in [3.63, 3.8) is 0 Å². The van der Waals surface area contributed by atoms with Crippen LogP contribution < -0.4 is 5.32 Å². The van der Waals surface area contributed by atoms with Crippen molar-refractivity contribution in [2.75, 3.05) is 26.2 Å². The fourth-order valence-corrected chi connectivity index (χ4v) is 2.70. The first-order chi connectivity index (χ1) is 11.6. The Kier molecular flexibility index (Phi) is 6.57. The third kappa shape index (κ3) is 4.46. The first-order valence-corrected chi connectivity index (χ1v) is 8.93. The van der Waals surface area contributed by atoms with Crippen molar-refractivity contribution in [2.24, 2.45) is 0 Å². The molecule has 2 rings (SSSR count). The summed E-state index contributed by atoms with van der Waals surface area (Å²) in [6, 6.07) is 10.4. The van der Waals surface area contributed by atoms with Crippen LogP contribution in [0.1, 0.15) is 16.9 Å². The monoisotopic (exact) mass is 347 g/mol. The van der Waals surface area contributed by atoms with E-state index in [9.17, 15) is 9.59 Å². The highest BCUT2D eigenvalue weighted by Gasteiger charge is 2.24. The lowest BCUT2D eigenvalue weighted by atomic mass is 10.1. The van der Waals surface area contributed by atoms with Crippen molar-refractivity contribution < 1.29 is 14.4 Å². The number of carbonyl (C=O) groups is 2. The minimum Gasteiger partial charge on any atom is -0.339 e. The molecule has 1 atom stereocenters. The first-order valence-electron chi connectivity index (χ1n) is 7.54. The van der Waals surface area contributed by atoms with Gasteiger partial charge in [0.2, 0.25) is 0 Å². The lowest BCUT2D eigenvalue weighted by molar-refractivity contribution is -0.170. The quantitative estimate of drug-likeness (QED) is 0.777. The second-order valence-corrected chi connectivity index (χ2v) is 6.20. The number of benzene rings is 1. The van der Waals surface area contributed by atoms with Crippen LogP contribution in [-0.2, 0) is 9.63 Å². The van der Waals surface area contributed by atoms with Gasteiger partial charge in [0, 0.05) is 12.4 Å². The number of aromatic nitrogens is 1. The summed E-state index contributed by atoms with van der Waals surface area (Å²) in [6.07, 6.45) is 2.47. The van der Waals surface area contributed by atoms with Crippen molar-refractivity contribution in [1.29, 1.82) is 0 Å². The number of pyridine rings is 1. The maximum absolute atomic E-state index is 12.5. The number of hydroxylamine groups is 2. The van der Waals surface area contributed by atoms with Gasteiger partial charge < -0.3 is 5.32 Å². The highest BCUT2D eigenvalue weighted by atomic mass is 32.2. The van der Waals surface area contributed by atoms with Gasteiger partial charge in [-0.25, -0.2) is 10.0 Å². The Hall–Kier alpha value is -2.12. The Balaban J connectivity index is 2.16. The van der Waals surface area contributed by atoms with Crippen LogP contribution in [0.3, 0.4) is 0 Å². The molecule has 6 nitrogen and oxygen atoms in total. The lowest BCUT2D eigenvalue weighted by Gasteiger charge is -2.22. The SMILES string of the molecule is CON(C)C(=O)[C@H](CCSC)NC(=O)c1ccc2ccccc2n1. The molecule has 1 N–H and O–H groups in total. The average molecular weight is 347 g/mol. The van der Waals surface area contributed by atoms with Gasteiger partial charge >= 0.3 is 0 Å². The normalized spacial score (nSPS) is 12.0. The fraction of sp³-hybridized carbons (Fsp3) is 0.353. The highest BCUT2D eigenvalue weighted by Crippen LogP contribution is 2.12. The summed E-state index contributed by atoms with van der Waals surface area (Å²) in [5.41, 5.74) is 1.03. The average Bonchev–Trinajstić information content (AvgIpc) is 2.63. The first kappa shape index (κ1) is 18.2. The molecule has 0 aliphatic rings. The highest BCUT2D eigenvalue weighted by molar-refractivity contribution is 7.98. The van der Waals surface area contributed by atoms with Gasteiger partial charge in [-0.2, -0.15) is 11.8 Å². The summed E-state index contributed by atoms with van der Waals surface area (Å²) in [5.74, 6) is 0.0877. The van der Waals surface area contributed by atoms with Crippen molar-refractivity contribution in [1.82, 2.24) is 15.4 Å². The van der Waals surface area contributed by atoms with Gasteiger partial charge in [-0.3, -0.25) is 14.4 Å². The predicted molar refractivity (Wildman–Crippen MR) is 95.8 cm³/mol. The zero-order chi connectivity index (χ0) is 17.5. The number of nitrogens with zero attached hydrogens (tertiary/aromatic N) is 2. The number of hydrogen-bond donors (Lipinski definition) is 1. The lowest BCUT2D eigenvalue weighted by Crippen LogP contribution is -2.47. The minimum atomic E-state index is -0.650. The van der Waals surface area contributed by atoms with Crippen molar-refractivity contribution in [3.05, 3.63) is 42.1 Å². The number of rotatable bonds is 7. The van der Waals surface area contributed by atoms with E-state index in [0.29, 0.717) is 6.42 Å². The molecule has 0 radical (unpaired) electrons. The predicted octanol–water partition coefficient (Wildman–Crippen LogP) is 2.11. The van der Waals surface area contributed by atoms with Crippen molar-refractivity contribution in [2.45, 2.75) is 12.5 Å². The zero-order valence-electron chi connectivity index (χ0n) is 14.0. The van der Waals surface area contributed by atoms with E-state index in [0.717, 1.165) is 21.7 Å². The van der Waals surface area contributed by atoms with E-state index in [2.05, 4.69) is 10.3 Å². The van der Waals surface area contributed by atoms with Gasteiger partial charge in [-0.15, -0.1) is 0 Å². The van der Waals surface area contributed by atoms with Crippen LogP contribution in [-0.4, -0.2) is 54.1 Å². The van der Waals surface area contributed by atoms with Gasteiger partial charge in [0.05, 0.1) is 12.6 Å². The van der Waals surface area contributed by atoms with E-state index >= 15 is 0 Å². The Morgan fingerprint density at radius 3 is 2.75 bits per heavy atom. The molecule has 0 fully saturated rings. The van der Waals surface area contributed by atoms with E-state index < -0.39 is 6.04 Å². The standard InChI is InChI=1S/C17H21N3O3S/c1-20(23-2)17(22)15(10-11-24-3)19-16(21)14-9-8-12-6-4-5-7-13(12)18-14/h4-9,15H,10-11H2,1-3H3,(H,19,21)/t15-/m0/s1. The maximum Gasteiger partial charge on any atom is 0.270 e. The van der Waals surface area contributed by atoms with Gasteiger partial charge in [-0.05, 0) is 30.6 Å². The summed E-state index contributed by atoms with van der Waals surface area (Å²) in [5, 5.41) is 4.85. The number of carbonyl (C=O) groups excluding carboxylic acids is 2. The summed E-state index contributed by atoms with van der Waals surface area (Å²) < 4.78 is 0. The molecule has 1 aromatic carbocycles. The number of thioether (sulfide) groups is 1. The molecule has 0 saturated heterocycles. The summed E-state index contributed by atoms with van der Waals surface area (Å²) in [7, 11) is 2.94. The van der Waals surface area contributed by atoms with Gasteiger partial charge in [-0.1, -0.05) is 24.3 Å². The molecule has 0 aliphatic heterocycles. The Morgan fingerprint density at radius 2 is 2.04 bits per heavy atom. The maximum atomic E-state index is 12.5. The van der Waals surface area contributed by atoms with E-state index in [-0.39, 0.29) is 17.5 Å². The van der Waals surface area contributed by atoms with Crippen LogP contribution in [0, 0.1) is 0 Å². The second kappa shape index (κ2) is 8.65. The number of nitrogens with one attached hydrogen (secondary N) is 1. The molecule has 7 heteroatoms. The molecule has 0 aliphatic carbocycles. The molecule has 1 aromatic heterocycles. The van der Waals surface area contributed by atoms with E-state index in [4.69, 9.17) is 4.84 Å². The molecular formula is C17H21N3O3S. The molecule has 1 heterocycles. The molecule has 0 bridgehead atoms. The molecule has 2 amide bonds. The molecule has 0 spiro atoms. The van der Waals surface area contributed by atoms with E-state index in [1.807, 2.05) is 36.6 Å². The Bertz CT molecular complexity index is 723. The van der Waals surface area contributed by atoms with Crippen LogP contribution in [0.15, 0.2) is 36.4 Å². The number of amides is 2. The van der Waals surface area contributed by atoms with Gasteiger partial charge in [0.1, 0.15) is 11.7 Å². The van der Waals surface area contributed by atoms with Gasteiger partial charge in [0.15, 0.2) is 0 Å². The van der Waals surface area contributed by atoms with Crippen LogP contribution in [0.25, 0.3) is 10.9 Å². The second-order valence-electron chi connectivity index (χ2n) is 5.21. The number of fused-ring (bicyclic) bond motifs is 1. The molecule has 0 saturated carbocycles. The smallest absolute Gasteiger partial charge is 0.270 e. The van der Waals surface area contributed by atoms with Crippen LogP contribution in [0.4, 0.5) is 0 Å². The number of hydrogen-bond acceptors (Lipinski definition) is 5. The molecular weight excluding hydrogens is 326 g/mol. The van der Waals surface area contributed by atoms with E-state index in [1.165, 1.54) is 14.2 Å².